The Kier molecular flexibility index (Phi) is 2.66. The summed E-state index contributed by atoms with van der Waals surface area (Å²) in [5.41, 5.74) is 0. The molecule has 1 aliphatic heterocycles. The van der Waals surface area contributed by atoms with Crippen LogP contribution < -0.4 is 5.32 Å². The third kappa shape index (κ3) is 1.50. The fraction of sp³-hybridized carbons (Fsp3) is 1.00. The van der Waals surface area contributed by atoms with E-state index in [1.54, 1.807) is 0 Å². The highest BCUT2D eigenvalue weighted by molar-refractivity contribution is 4.90. The van der Waals surface area contributed by atoms with Crippen LogP contribution in [0.2, 0.25) is 0 Å². The largest absolute Gasteiger partial charge is 0.315 e. The number of nitrogens with zero attached hydrogens (tertiary/aromatic N) is 1. The van der Waals surface area contributed by atoms with Gasteiger partial charge in [0, 0.05) is 12.1 Å². The summed E-state index contributed by atoms with van der Waals surface area (Å²) in [4.78, 5) is 2.69. The molecule has 0 amide bonds. The van der Waals surface area contributed by atoms with Crippen LogP contribution >= 0.6 is 0 Å². The zero-order valence-electron chi connectivity index (χ0n) is 8.05. The molecule has 12 heavy (non-hydrogen) atoms. The van der Waals surface area contributed by atoms with Gasteiger partial charge in [-0.1, -0.05) is 6.42 Å². The number of nitrogens with one attached hydrogen (secondary N) is 1. The van der Waals surface area contributed by atoms with Crippen molar-refractivity contribution < 1.29 is 0 Å². The van der Waals surface area contributed by atoms with Crippen LogP contribution in [0, 0.1) is 0 Å². The Morgan fingerprint density at radius 2 is 1.83 bits per heavy atom. The van der Waals surface area contributed by atoms with E-state index in [1.165, 1.54) is 45.2 Å². The monoisotopic (exact) mass is 168 g/mol. The molecule has 1 saturated carbocycles. The molecule has 0 aromatic carbocycles. The molecule has 2 heteroatoms. The maximum absolute atomic E-state index is 3.45. The molecule has 2 nitrogen and oxygen atoms in total. The van der Waals surface area contributed by atoms with E-state index in [-0.39, 0.29) is 0 Å². The first-order valence-corrected chi connectivity index (χ1v) is 5.33. The maximum atomic E-state index is 3.45. The second kappa shape index (κ2) is 3.75. The fourth-order valence-corrected chi connectivity index (χ4v) is 2.79. The van der Waals surface area contributed by atoms with E-state index in [9.17, 15) is 0 Å². The van der Waals surface area contributed by atoms with Gasteiger partial charge in [-0.25, -0.2) is 0 Å². The molecule has 0 aromatic rings. The van der Waals surface area contributed by atoms with Crippen LogP contribution in [-0.4, -0.2) is 37.1 Å². The van der Waals surface area contributed by atoms with Crippen molar-refractivity contribution in [2.75, 3.05) is 20.1 Å². The van der Waals surface area contributed by atoms with Crippen LogP contribution in [0.3, 0.4) is 0 Å². The van der Waals surface area contributed by atoms with Crippen LogP contribution in [0.4, 0.5) is 0 Å². The van der Waals surface area contributed by atoms with Crippen LogP contribution in [0.15, 0.2) is 0 Å². The van der Waals surface area contributed by atoms with Crippen LogP contribution in [-0.2, 0) is 0 Å². The van der Waals surface area contributed by atoms with Crippen molar-refractivity contribution in [3.8, 4) is 0 Å². The van der Waals surface area contributed by atoms with Gasteiger partial charge in [0.25, 0.3) is 0 Å². The topological polar surface area (TPSA) is 15.3 Å². The first kappa shape index (κ1) is 8.52. The molecule has 1 heterocycles. The molecule has 2 rings (SSSR count). The molecule has 0 spiro atoms. The SMILES string of the molecule is CN[C@H]1CCC[C@@H]1N1CCCC1. The maximum Gasteiger partial charge on any atom is 0.0249 e. The molecule has 0 unspecified atom stereocenters. The van der Waals surface area contributed by atoms with Crippen molar-refractivity contribution in [1.29, 1.82) is 0 Å². The molecule has 2 aliphatic rings. The third-order valence-corrected chi connectivity index (χ3v) is 3.46. The summed E-state index contributed by atoms with van der Waals surface area (Å²) in [6.45, 7) is 2.70. The van der Waals surface area contributed by atoms with E-state index in [2.05, 4.69) is 17.3 Å². The minimum Gasteiger partial charge on any atom is -0.315 e. The Bertz CT molecular complexity index is 141. The van der Waals surface area contributed by atoms with Gasteiger partial charge in [0.2, 0.25) is 0 Å². The molecular formula is C10H20N2. The van der Waals surface area contributed by atoms with E-state index in [0.29, 0.717) is 0 Å². The molecule has 1 aliphatic carbocycles. The first-order valence-electron chi connectivity index (χ1n) is 5.33. The number of hydrogen-bond acceptors (Lipinski definition) is 2. The number of hydrogen-bond donors (Lipinski definition) is 1. The molecule has 70 valence electrons. The summed E-state index contributed by atoms with van der Waals surface area (Å²) < 4.78 is 0. The minimum absolute atomic E-state index is 0.781. The van der Waals surface area contributed by atoms with Crippen molar-refractivity contribution in [3.63, 3.8) is 0 Å². The Morgan fingerprint density at radius 1 is 1.08 bits per heavy atom. The average molecular weight is 168 g/mol. The number of rotatable bonds is 2. The Labute approximate surface area is 75.3 Å². The lowest BCUT2D eigenvalue weighted by Crippen LogP contribution is -2.44. The van der Waals surface area contributed by atoms with E-state index in [0.717, 1.165) is 12.1 Å². The summed E-state index contributed by atoms with van der Waals surface area (Å²) in [5, 5.41) is 3.45. The highest BCUT2D eigenvalue weighted by Crippen LogP contribution is 2.26. The molecule has 1 saturated heterocycles. The highest BCUT2D eigenvalue weighted by Gasteiger charge is 2.31. The van der Waals surface area contributed by atoms with Gasteiger partial charge in [-0.05, 0) is 45.8 Å². The Balaban J connectivity index is 1.92. The molecule has 2 fully saturated rings. The van der Waals surface area contributed by atoms with E-state index < -0.39 is 0 Å². The minimum atomic E-state index is 0.781. The molecule has 1 N–H and O–H groups in total. The second-order valence-corrected chi connectivity index (χ2v) is 4.14. The van der Waals surface area contributed by atoms with Gasteiger partial charge in [0.05, 0.1) is 0 Å². The van der Waals surface area contributed by atoms with Gasteiger partial charge in [-0.2, -0.15) is 0 Å². The normalized spacial score (nSPS) is 37.8. The molecular weight excluding hydrogens is 148 g/mol. The van der Waals surface area contributed by atoms with Crippen molar-refractivity contribution >= 4 is 0 Å². The van der Waals surface area contributed by atoms with E-state index in [1.807, 2.05) is 0 Å². The van der Waals surface area contributed by atoms with Crippen molar-refractivity contribution in [2.45, 2.75) is 44.2 Å². The molecule has 0 radical (unpaired) electrons. The smallest absolute Gasteiger partial charge is 0.0249 e. The van der Waals surface area contributed by atoms with Gasteiger partial charge < -0.3 is 5.32 Å². The van der Waals surface area contributed by atoms with Gasteiger partial charge in [-0.15, -0.1) is 0 Å². The zero-order valence-corrected chi connectivity index (χ0v) is 8.05. The van der Waals surface area contributed by atoms with Crippen molar-refractivity contribution in [3.05, 3.63) is 0 Å². The lowest BCUT2D eigenvalue weighted by atomic mass is 10.1. The third-order valence-electron chi connectivity index (χ3n) is 3.46. The average Bonchev–Trinajstić information content (AvgIpc) is 2.74. The van der Waals surface area contributed by atoms with Crippen LogP contribution in [0.25, 0.3) is 0 Å². The van der Waals surface area contributed by atoms with Crippen LogP contribution in [0.5, 0.6) is 0 Å². The predicted octanol–water partition coefficient (Wildman–Crippen LogP) is 1.22. The standard InChI is InChI=1S/C10H20N2/c1-11-9-5-4-6-10(9)12-7-2-3-8-12/h9-11H,2-8H2,1H3/t9-,10-/m0/s1. The van der Waals surface area contributed by atoms with Gasteiger partial charge >= 0.3 is 0 Å². The predicted molar refractivity (Wildman–Crippen MR) is 51.3 cm³/mol. The highest BCUT2D eigenvalue weighted by atomic mass is 15.2. The lowest BCUT2D eigenvalue weighted by Gasteiger charge is -2.28. The Morgan fingerprint density at radius 3 is 2.50 bits per heavy atom. The summed E-state index contributed by atoms with van der Waals surface area (Å²) in [5.74, 6) is 0. The van der Waals surface area contributed by atoms with Crippen molar-refractivity contribution in [1.82, 2.24) is 10.2 Å². The van der Waals surface area contributed by atoms with Crippen LogP contribution in [0.1, 0.15) is 32.1 Å². The Hall–Kier alpha value is -0.0800. The summed E-state index contributed by atoms with van der Waals surface area (Å²) in [6, 6.07) is 1.64. The summed E-state index contributed by atoms with van der Waals surface area (Å²) in [6.07, 6.45) is 7.08. The molecule has 2 atom stereocenters. The lowest BCUT2D eigenvalue weighted by molar-refractivity contribution is 0.216. The molecule has 0 bridgehead atoms. The number of likely N-dealkylation sites (tertiary alicyclic amines) is 1. The quantitative estimate of drug-likeness (QED) is 0.667. The van der Waals surface area contributed by atoms with E-state index in [4.69, 9.17) is 0 Å². The van der Waals surface area contributed by atoms with Crippen molar-refractivity contribution in [2.24, 2.45) is 0 Å². The molecule has 0 aromatic heterocycles. The fourth-order valence-electron chi connectivity index (χ4n) is 2.79. The second-order valence-electron chi connectivity index (χ2n) is 4.14. The van der Waals surface area contributed by atoms with Gasteiger partial charge in [0.15, 0.2) is 0 Å². The van der Waals surface area contributed by atoms with Gasteiger partial charge in [-0.3, -0.25) is 4.90 Å². The number of likely N-dealkylation sites (N-methyl/N-ethyl adjacent to an activating group) is 1. The summed E-state index contributed by atoms with van der Waals surface area (Å²) in [7, 11) is 2.11. The van der Waals surface area contributed by atoms with E-state index >= 15 is 0 Å². The summed E-state index contributed by atoms with van der Waals surface area (Å²) >= 11 is 0. The zero-order chi connectivity index (χ0) is 8.39. The van der Waals surface area contributed by atoms with Gasteiger partial charge in [0.1, 0.15) is 0 Å². The first-order chi connectivity index (χ1) is 5.92.